The summed E-state index contributed by atoms with van der Waals surface area (Å²) in [6, 6.07) is 7.48. The van der Waals surface area contributed by atoms with Gasteiger partial charge in [-0.25, -0.2) is 0 Å². The van der Waals surface area contributed by atoms with Crippen LogP contribution in [-0.4, -0.2) is 39.8 Å². The van der Waals surface area contributed by atoms with Gasteiger partial charge in [-0.1, -0.05) is 11.6 Å². The number of carbonyl (C=O) groups excluding carboxylic acids is 1. The van der Waals surface area contributed by atoms with E-state index in [-0.39, 0.29) is 18.1 Å². The van der Waals surface area contributed by atoms with E-state index in [4.69, 9.17) is 20.8 Å². The van der Waals surface area contributed by atoms with Crippen molar-refractivity contribution in [1.82, 2.24) is 15.1 Å². The Morgan fingerprint density at radius 1 is 1.21 bits per heavy atom. The molecule has 2 fully saturated rings. The SMILES string of the molecule is O=C([C@@H]1CCCO1)N(Cc1nnc(-c2ccc(Cl)cc2)o1)C1CC1. The number of carbonyl (C=O) groups is 1. The van der Waals surface area contributed by atoms with Crippen molar-refractivity contribution in [2.45, 2.75) is 44.4 Å². The third-order valence-corrected chi connectivity index (χ3v) is 4.59. The molecule has 0 N–H and O–H groups in total. The van der Waals surface area contributed by atoms with Crippen molar-refractivity contribution in [2.24, 2.45) is 0 Å². The average Bonchev–Trinajstić information content (AvgIpc) is 3.10. The number of aromatic nitrogens is 2. The maximum Gasteiger partial charge on any atom is 0.252 e. The highest BCUT2D eigenvalue weighted by Gasteiger charge is 2.38. The minimum absolute atomic E-state index is 0.0428. The molecule has 7 heteroatoms. The van der Waals surface area contributed by atoms with Crippen LogP contribution in [0.5, 0.6) is 0 Å². The Hall–Kier alpha value is -1.92. The summed E-state index contributed by atoms with van der Waals surface area (Å²) >= 11 is 5.89. The van der Waals surface area contributed by atoms with E-state index >= 15 is 0 Å². The molecule has 1 aliphatic heterocycles. The van der Waals surface area contributed by atoms with E-state index in [1.807, 2.05) is 17.0 Å². The Balaban J connectivity index is 1.49. The third-order valence-electron chi connectivity index (χ3n) is 4.34. The van der Waals surface area contributed by atoms with Gasteiger partial charge < -0.3 is 14.1 Å². The van der Waals surface area contributed by atoms with E-state index in [1.54, 1.807) is 12.1 Å². The first-order chi connectivity index (χ1) is 11.7. The number of hydrogen-bond donors (Lipinski definition) is 0. The van der Waals surface area contributed by atoms with E-state index < -0.39 is 0 Å². The molecular formula is C17H18ClN3O3. The zero-order valence-electron chi connectivity index (χ0n) is 13.2. The maximum absolute atomic E-state index is 12.6. The van der Waals surface area contributed by atoms with Gasteiger partial charge in [0.05, 0.1) is 6.54 Å². The molecule has 2 aromatic rings. The van der Waals surface area contributed by atoms with E-state index in [0.717, 1.165) is 31.2 Å². The van der Waals surface area contributed by atoms with Crippen molar-refractivity contribution >= 4 is 17.5 Å². The number of nitrogens with zero attached hydrogens (tertiary/aromatic N) is 3. The average molecular weight is 348 g/mol. The van der Waals surface area contributed by atoms with Crippen LogP contribution in [0.1, 0.15) is 31.6 Å². The first kappa shape index (κ1) is 15.6. The zero-order chi connectivity index (χ0) is 16.5. The molecule has 0 spiro atoms. The zero-order valence-corrected chi connectivity index (χ0v) is 13.9. The van der Waals surface area contributed by atoms with Crippen molar-refractivity contribution in [3.05, 3.63) is 35.2 Å². The fourth-order valence-electron chi connectivity index (χ4n) is 2.90. The van der Waals surface area contributed by atoms with Gasteiger partial charge >= 0.3 is 0 Å². The van der Waals surface area contributed by atoms with Crippen LogP contribution >= 0.6 is 11.6 Å². The Morgan fingerprint density at radius 3 is 2.67 bits per heavy atom. The maximum atomic E-state index is 12.6. The second-order valence-corrected chi connectivity index (χ2v) is 6.64. The topological polar surface area (TPSA) is 68.5 Å². The summed E-state index contributed by atoms with van der Waals surface area (Å²) in [5.74, 6) is 0.918. The van der Waals surface area contributed by atoms with Crippen molar-refractivity contribution in [2.75, 3.05) is 6.61 Å². The molecule has 1 aliphatic carbocycles. The van der Waals surface area contributed by atoms with Gasteiger partial charge in [-0.3, -0.25) is 4.79 Å². The molecule has 1 atom stereocenters. The molecule has 6 nitrogen and oxygen atoms in total. The largest absolute Gasteiger partial charge is 0.419 e. The number of halogens is 1. The fraction of sp³-hybridized carbons (Fsp3) is 0.471. The van der Waals surface area contributed by atoms with Gasteiger partial charge in [0.2, 0.25) is 11.8 Å². The molecule has 2 aliphatic rings. The molecule has 2 heterocycles. The molecule has 1 amide bonds. The van der Waals surface area contributed by atoms with Crippen LogP contribution in [0, 0.1) is 0 Å². The predicted molar refractivity (Wildman–Crippen MR) is 87.3 cm³/mol. The molecule has 0 unspecified atom stereocenters. The summed E-state index contributed by atoms with van der Waals surface area (Å²) in [6.45, 7) is 1.00. The van der Waals surface area contributed by atoms with Crippen molar-refractivity contribution in [3.63, 3.8) is 0 Å². The minimum atomic E-state index is -0.316. The molecule has 1 aromatic heterocycles. The van der Waals surface area contributed by atoms with Crippen LogP contribution in [0.2, 0.25) is 5.02 Å². The molecule has 0 radical (unpaired) electrons. The van der Waals surface area contributed by atoms with Crippen LogP contribution in [0.15, 0.2) is 28.7 Å². The molecule has 4 rings (SSSR count). The Kier molecular flexibility index (Phi) is 4.24. The number of hydrogen-bond acceptors (Lipinski definition) is 5. The Morgan fingerprint density at radius 2 is 2.00 bits per heavy atom. The van der Waals surface area contributed by atoms with Crippen molar-refractivity contribution < 1.29 is 13.9 Å². The summed E-state index contributed by atoms with van der Waals surface area (Å²) in [7, 11) is 0. The van der Waals surface area contributed by atoms with Crippen molar-refractivity contribution in [1.29, 1.82) is 0 Å². The first-order valence-electron chi connectivity index (χ1n) is 8.21. The van der Waals surface area contributed by atoms with Gasteiger partial charge in [-0.2, -0.15) is 0 Å². The molecule has 1 saturated heterocycles. The third kappa shape index (κ3) is 3.30. The number of amides is 1. The van der Waals surface area contributed by atoms with Gasteiger partial charge in [0.25, 0.3) is 5.91 Å². The molecular weight excluding hydrogens is 330 g/mol. The minimum Gasteiger partial charge on any atom is -0.419 e. The highest BCUT2D eigenvalue weighted by atomic mass is 35.5. The molecule has 0 bridgehead atoms. The van der Waals surface area contributed by atoms with Crippen LogP contribution < -0.4 is 0 Å². The smallest absolute Gasteiger partial charge is 0.252 e. The molecule has 126 valence electrons. The fourth-order valence-corrected chi connectivity index (χ4v) is 3.03. The highest BCUT2D eigenvalue weighted by molar-refractivity contribution is 6.30. The Labute approximate surface area is 144 Å². The van der Waals surface area contributed by atoms with Crippen molar-refractivity contribution in [3.8, 4) is 11.5 Å². The van der Waals surface area contributed by atoms with Gasteiger partial charge in [-0.15, -0.1) is 10.2 Å². The normalized spacial score (nSPS) is 20.3. The van der Waals surface area contributed by atoms with E-state index in [1.165, 1.54) is 0 Å². The number of rotatable bonds is 5. The second-order valence-electron chi connectivity index (χ2n) is 6.21. The van der Waals surface area contributed by atoms with Crippen LogP contribution in [0.4, 0.5) is 0 Å². The summed E-state index contributed by atoms with van der Waals surface area (Å²) in [5.41, 5.74) is 0.807. The summed E-state index contributed by atoms with van der Waals surface area (Å²) in [4.78, 5) is 14.5. The lowest BCUT2D eigenvalue weighted by Crippen LogP contribution is -2.40. The molecule has 24 heavy (non-hydrogen) atoms. The summed E-state index contributed by atoms with van der Waals surface area (Å²) < 4.78 is 11.3. The van der Waals surface area contributed by atoms with E-state index in [9.17, 15) is 4.79 Å². The van der Waals surface area contributed by atoms with Gasteiger partial charge in [0.15, 0.2) is 0 Å². The lowest BCUT2D eigenvalue weighted by Gasteiger charge is -2.23. The lowest BCUT2D eigenvalue weighted by molar-refractivity contribution is -0.142. The second kappa shape index (κ2) is 6.53. The summed E-state index contributed by atoms with van der Waals surface area (Å²) in [6.07, 6.45) is 3.47. The van der Waals surface area contributed by atoms with E-state index in [2.05, 4.69) is 10.2 Å². The first-order valence-corrected chi connectivity index (χ1v) is 8.59. The quantitative estimate of drug-likeness (QED) is 0.831. The van der Waals surface area contributed by atoms with Gasteiger partial charge in [-0.05, 0) is 49.9 Å². The lowest BCUT2D eigenvalue weighted by atomic mass is 10.2. The van der Waals surface area contributed by atoms with Gasteiger partial charge in [0, 0.05) is 23.2 Å². The van der Waals surface area contributed by atoms with Crippen LogP contribution in [0.25, 0.3) is 11.5 Å². The summed E-state index contributed by atoms with van der Waals surface area (Å²) in [5, 5.41) is 8.82. The predicted octanol–water partition coefficient (Wildman–Crippen LogP) is 3.06. The van der Waals surface area contributed by atoms with E-state index in [0.29, 0.717) is 30.0 Å². The van der Waals surface area contributed by atoms with Gasteiger partial charge in [0.1, 0.15) is 6.10 Å². The monoisotopic (exact) mass is 347 g/mol. The van der Waals surface area contributed by atoms with Crippen LogP contribution in [0.3, 0.4) is 0 Å². The standard InChI is InChI=1S/C17H18ClN3O3/c18-12-5-3-11(4-6-12)16-20-19-15(24-16)10-21(13-7-8-13)17(22)14-2-1-9-23-14/h3-6,13-14H,1-2,7-10H2/t14-/m0/s1. The molecule has 1 aromatic carbocycles. The molecule has 1 saturated carbocycles. The number of ether oxygens (including phenoxy) is 1. The Bertz CT molecular complexity index is 721. The number of benzene rings is 1. The van der Waals surface area contributed by atoms with Crippen LogP contribution in [-0.2, 0) is 16.1 Å². The highest BCUT2D eigenvalue weighted by Crippen LogP contribution is 2.31.